The van der Waals surface area contributed by atoms with E-state index in [1.54, 1.807) is 6.07 Å². The lowest BCUT2D eigenvalue weighted by atomic mass is 10.1. The second-order valence-electron chi connectivity index (χ2n) is 6.08. The van der Waals surface area contributed by atoms with Gasteiger partial charge in [0.05, 0.1) is 15.2 Å². The standard InChI is InChI=1S/C17H21N3O2S/c1-11-19-15-9-12(8-14(16(22)10-21)17(15)23-11)18-6-5-13-4-3-7-20(13)2/h8-10,13,18H,3-7H2,1-2H3. The van der Waals surface area contributed by atoms with Crippen molar-refractivity contribution in [2.24, 2.45) is 0 Å². The lowest BCUT2D eigenvalue weighted by molar-refractivity contribution is -0.104. The molecular formula is C17H21N3O2S. The van der Waals surface area contributed by atoms with Gasteiger partial charge in [-0.05, 0) is 51.9 Å². The summed E-state index contributed by atoms with van der Waals surface area (Å²) in [6.45, 7) is 3.92. The van der Waals surface area contributed by atoms with Crippen molar-refractivity contribution in [3.05, 3.63) is 22.7 Å². The topological polar surface area (TPSA) is 62.3 Å². The summed E-state index contributed by atoms with van der Waals surface area (Å²) in [6, 6.07) is 4.36. The molecule has 0 radical (unpaired) electrons. The van der Waals surface area contributed by atoms with E-state index in [-0.39, 0.29) is 0 Å². The van der Waals surface area contributed by atoms with Crippen molar-refractivity contribution in [2.45, 2.75) is 32.2 Å². The van der Waals surface area contributed by atoms with Crippen LogP contribution in [0.15, 0.2) is 12.1 Å². The number of hydrogen-bond acceptors (Lipinski definition) is 6. The highest BCUT2D eigenvalue weighted by molar-refractivity contribution is 7.19. The number of Topliss-reactive ketones (excluding diaryl/α,β-unsaturated/α-hetero) is 1. The molecule has 122 valence electrons. The Bertz CT molecular complexity index is 741. The van der Waals surface area contributed by atoms with Gasteiger partial charge in [-0.2, -0.15) is 0 Å². The maximum absolute atomic E-state index is 11.9. The minimum Gasteiger partial charge on any atom is -0.385 e. The van der Waals surface area contributed by atoms with Gasteiger partial charge in [-0.3, -0.25) is 9.59 Å². The van der Waals surface area contributed by atoms with E-state index in [4.69, 9.17) is 0 Å². The van der Waals surface area contributed by atoms with Gasteiger partial charge in [-0.1, -0.05) is 0 Å². The number of hydrogen-bond donors (Lipinski definition) is 1. The van der Waals surface area contributed by atoms with Gasteiger partial charge >= 0.3 is 0 Å². The van der Waals surface area contributed by atoms with Gasteiger partial charge in [-0.15, -0.1) is 11.3 Å². The second kappa shape index (κ2) is 6.76. The number of nitrogens with zero attached hydrogens (tertiary/aromatic N) is 2. The fourth-order valence-corrected chi connectivity index (χ4v) is 4.14. The van der Waals surface area contributed by atoms with Crippen molar-refractivity contribution in [1.29, 1.82) is 0 Å². The number of aromatic nitrogens is 1. The molecule has 0 saturated carbocycles. The summed E-state index contributed by atoms with van der Waals surface area (Å²) in [5.41, 5.74) is 2.08. The smallest absolute Gasteiger partial charge is 0.226 e. The van der Waals surface area contributed by atoms with Crippen molar-refractivity contribution in [3.8, 4) is 0 Å². The highest BCUT2D eigenvalue weighted by atomic mass is 32.1. The number of rotatable bonds is 6. The van der Waals surface area contributed by atoms with Crippen molar-refractivity contribution >= 4 is 39.3 Å². The first-order chi connectivity index (χ1) is 11.1. The first kappa shape index (κ1) is 16.1. The molecule has 1 N–H and O–H groups in total. The number of ketones is 1. The van der Waals surface area contributed by atoms with Crippen LogP contribution in [0.3, 0.4) is 0 Å². The molecule has 1 aliphatic rings. The summed E-state index contributed by atoms with van der Waals surface area (Å²) in [7, 11) is 2.17. The summed E-state index contributed by atoms with van der Waals surface area (Å²) < 4.78 is 0.792. The van der Waals surface area contributed by atoms with E-state index in [1.807, 2.05) is 13.0 Å². The molecule has 1 unspecified atom stereocenters. The monoisotopic (exact) mass is 331 g/mol. The van der Waals surface area contributed by atoms with Crippen molar-refractivity contribution in [3.63, 3.8) is 0 Å². The lowest BCUT2D eigenvalue weighted by Crippen LogP contribution is -2.26. The molecule has 1 aliphatic heterocycles. The summed E-state index contributed by atoms with van der Waals surface area (Å²) in [4.78, 5) is 29.6. The maximum Gasteiger partial charge on any atom is 0.226 e. The third kappa shape index (κ3) is 3.43. The zero-order valence-corrected chi connectivity index (χ0v) is 14.3. The SMILES string of the molecule is Cc1nc2cc(NCCC3CCCN3C)cc(C(=O)C=O)c2s1. The van der Waals surface area contributed by atoms with Crippen LogP contribution >= 0.6 is 11.3 Å². The van der Waals surface area contributed by atoms with Crippen LogP contribution < -0.4 is 5.32 Å². The molecular weight excluding hydrogens is 310 g/mol. The van der Waals surface area contributed by atoms with E-state index < -0.39 is 5.78 Å². The molecule has 1 saturated heterocycles. The second-order valence-corrected chi connectivity index (χ2v) is 7.28. The van der Waals surface area contributed by atoms with Crippen LogP contribution in [-0.2, 0) is 4.79 Å². The molecule has 3 rings (SSSR count). The molecule has 1 aromatic carbocycles. The van der Waals surface area contributed by atoms with Crippen LogP contribution in [0.25, 0.3) is 10.2 Å². The number of fused-ring (bicyclic) bond motifs is 1. The molecule has 1 fully saturated rings. The number of carbonyl (C=O) groups excluding carboxylic acids is 2. The highest BCUT2D eigenvalue weighted by Gasteiger charge is 2.20. The average molecular weight is 331 g/mol. The van der Waals surface area contributed by atoms with Crippen LogP contribution in [0.5, 0.6) is 0 Å². The summed E-state index contributed by atoms with van der Waals surface area (Å²) in [5, 5.41) is 4.28. The fraction of sp³-hybridized carbons (Fsp3) is 0.471. The van der Waals surface area contributed by atoms with Crippen molar-refractivity contribution in [1.82, 2.24) is 9.88 Å². The first-order valence-corrected chi connectivity index (χ1v) is 8.75. The Balaban J connectivity index is 1.77. The number of aldehydes is 1. The van der Waals surface area contributed by atoms with Crippen LogP contribution in [0.2, 0.25) is 0 Å². The predicted molar refractivity (Wildman–Crippen MR) is 93.5 cm³/mol. The summed E-state index contributed by atoms with van der Waals surface area (Å²) >= 11 is 1.45. The van der Waals surface area contributed by atoms with Crippen LogP contribution in [0.1, 0.15) is 34.6 Å². The van der Waals surface area contributed by atoms with Gasteiger partial charge in [0, 0.05) is 23.8 Å². The minimum atomic E-state index is -0.488. The Labute approximate surface area is 139 Å². The molecule has 1 atom stereocenters. The molecule has 2 heterocycles. The molecule has 0 aliphatic carbocycles. The summed E-state index contributed by atoms with van der Waals surface area (Å²) in [5.74, 6) is -0.488. The Morgan fingerprint density at radius 2 is 2.35 bits per heavy atom. The number of likely N-dealkylation sites (tertiary alicyclic amines) is 1. The van der Waals surface area contributed by atoms with E-state index in [2.05, 4.69) is 22.2 Å². The van der Waals surface area contributed by atoms with E-state index in [9.17, 15) is 9.59 Å². The molecule has 1 aromatic heterocycles. The number of thiazole rings is 1. The van der Waals surface area contributed by atoms with Gasteiger partial charge in [0.25, 0.3) is 0 Å². The molecule has 23 heavy (non-hydrogen) atoms. The lowest BCUT2D eigenvalue weighted by Gasteiger charge is -2.19. The van der Waals surface area contributed by atoms with E-state index >= 15 is 0 Å². The minimum absolute atomic E-state index is 0.376. The van der Waals surface area contributed by atoms with Crippen LogP contribution in [0.4, 0.5) is 5.69 Å². The zero-order valence-electron chi connectivity index (χ0n) is 13.5. The van der Waals surface area contributed by atoms with Gasteiger partial charge in [0.1, 0.15) is 0 Å². The summed E-state index contributed by atoms with van der Waals surface area (Å²) in [6.07, 6.45) is 3.96. The quantitative estimate of drug-likeness (QED) is 0.501. The predicted octanol–water partition coefficient (Wildman–Crippen LogP) is 2.88. The molecule has 0 bridgehead atoms. The normalized spacial score (nSPS) is 18.4. The number of aryl methyl sites for hydroxylation is 1. The van der Waals surface area contributed by atoms with Gasteiger partial charge in [-0.25, -0.2) is 4.98 Å². The Kier molecular flexibility index (Phi) is 4.73. The zero-order chi connectivity index (χ0) is 16.4. The van der Waals surface area contributed by atoms with E-state index in [1.165, 1.54) is 30.7 Å². The van der Waals surface area contributed by atoms with Crippen LogP contribution in [-0.4, -0.2) is 48.1 Å². The van der Waals surface area contributed by atoms with Gasteiger partial charge < -0.3 is 10.2 Å². The fourth-order valence-electron chi connectivity index (χ4n) is 3.22. The first-order valence-electron chi connectivity index (χ1n) is 7.93. The number of anilines is 1. The maximum atomic E-state index is 11.9. The molecule has 0 amide bonds. The van der Waals surface area contributed by atoms with Gasteiger partial charge in [0.15, 0.2) is 6.29 Å². The van der Waals surface area contributed by atoms with Gasteiger partial charge in [0.2, 0.25) is 5.78 Å². The largest absolute Gasteiger partial charge is 0.385 e. The average Bonchev–Trinajstić information content (AvgIpc) is 3.10. The third-order valence-electron chi connectivity index (χ3n) is 4.45. The van der Waals surface area contributed by atoms with E-state index in [0.29, 0.717) is 17.9 Å². The third-order valence-corrected chi connectivity index (χ3v) is 5.47. The molecule has 2 aromatic rings. The molecule has 6 heteroatoms. The highest BCUT2D eigenvalue weighted by Crippen LogP contribution is 2.29. The van der Waals surface area contributed by atoms with Crippen molar-refractivity contribution in [2.75, 3.05) is 25.5 Å². The Hall–Kier alpha value is -1.79. The number of carbonyl (C=O) groups is 2. The number of benzene rings is 1. The Morgan fingerprint density at radius 1 is 1.52 bits per heavy atom. The molecule has 0 spiro atoms. The van der Waals surface area contributed by atoms with Crippen molar-refractivity contribution < 1.29 is 9.59 Å². The number of nitrogens with one attached hydrogen (secondary N) is 1. The van der Waals surface area contributed by atoms with Crippen LogP contribution in [0, 0.1) is 6.92 Å². The Morgan fingerprint density at radius 3 is 3.04 bits per heavy atom. The van der Waals surface area contributed by atoms with E-state index in [0.717, 1.165) is 33.9 Å². The molecule has 5 nitrogen and oxygen atoms in total.